The van der Waals surface area contributed by atoms with Gasteiger partial charge in [-0.25, -0.2) is 0 Å². The second-order valence-corrected chi connectivity index (χ2v) is 4.80. The molecule has 1 N–H and O–H groups in total. The lowest BCUT2D eigenvalue weighted by molar-refractivity contribution is 0.242. The summed E-state index contributed by atoms with van der Waals surface area (Å²) < 4.78 is 0. The Morgan fingerprint density at radius 3 is 2.44 bits per heavy atom. The van der Waals surface area contributed by atoms with Crippen LogP contribution in [-0.2, 0) is 0 Å². The largest absolute Gasteiger partial charge is 0.318 e. The lowest BCUT2D eigenvalue weighted by atomic mass is 10.1. The van der Waals surface area contributed by atoms with E-state index in [0.29, 0.717) is 6.04 Å². The molecule has 0 aliphatic carbocycles. The summed E-state index contributed by atoms with van der Waals surface area (Å²) in [7, 11) is 2.01. The highest BCUT2D eigenvalue weighted by atomic mass is 35.5. The van der Waals surface area contributed by atoms with Crippen molar-refractivity contribution >= 4 is 11.6 Å². The van der Waals surface area contributed by atoms with Crippen molar-refractivity contribution in [1.82, 2.24) is 10.2 Å². The van der Waals surface area contributed by atoms with Crippen LogP contribution >= 0.6 is 11.6 Å². The van der Waals surface area contributed by atoms with Gasteiger partial charge in [0.05, 0.1) is 0 Å². The zero-order valence-electron chi connectivity index (χ0n) is 9.75. The van der Waals surface area contributed by atoms with Gasteiger partial charge in [0.2, 0.25) is 0 Å². The Morgan fingerprint density at radius 1 is 1.25 bits per heavy atom. The molecule has 1 heterocycles. The standard InChI is InChI=1S/C13H19ClN2/c1-15-10-13(16-8-2-3-9-16)11-4-6-12(14)7-5-11/h4-7,13,15H,2-3,8-10H2,1H3. The first-order valence-corrected chi connectivity index (χ1v) is 6.33. The summed E-state index contributed by atoms with van der Waals surface area (Å²) in [5.41, 5.74) is 1.36. The van der Waals surface area contributed by atoms with Crippen LogP contribution in [0, 0.1) is 0 Å². The number of hydrogen-bond acceptors (Lipinski definition) is 2. The van der Waals surface area contributed by atoms with Crippen molar-refractivity contribution in [3.8, 4) is 0 Å². The zero-order valence-corrected chi connectivity index (χ0v) is 10.5. The average Bonchev–Trinajstić information content (AvgIpc) is 2.81. The van der Waals surface area contributed by atoms with Crippen LogP contribution in [0.5, 0.6) is 0 Å². The molecular formula is C13H19ClN2. The third-order valence-electron chi connectivity index (χ3n) is 3.23. The van der Waals surface area contributed by atoms with E-state index < -0.39 is 0 Å². The van der Waals surface area contributed by atoms with Gasteiger partial charge in [-0.15, -0.1) is 0 Å². The van der Waals surface area contributed by atoms with Crippen molar-refractivity contribution in [2.45, 2.75) is 18.9 Å². The molecule has 1 aromatic rings. The molecule has 88 valence electrons. The molecule has 0 spiro atoms. The second kappa shape index (κ2) is 5.67. The van der Waals surface area contributed by atoms with Gasteiger partial charge in [-0.2, -0.15) is 0 Å². The molecular weight excluding hydrogens is 220 g/mol. The summed E-state index contributed by atoms with van der Waals surface area (Å²) in [6, 6.07) is 8.74. The topological polar surface area (TPSA) is 15.3 Å². The molecule has 1 aliphatic heterocycles. The average molecular weight is 239 g/mol. The first kappa shape index (κ1) is 11.9. The number of likely N-dealkylation sites (tertiary alicyclic amines) is 1. The maximum Gasteiger partial charge on any atom is 0.0472 e. The smallest absolute Gasteiger partial charge is 0.0472 e. The number of halogens is 1. The second-order valence-electron chi connectivity index (χ2n) is 4.37. The van der Waals surface area contributed by atoms with Gasteiger partial charge >= 0.3 is 0 Å². The van der Waals surface area contributed by atoms with E-state index >= 15 is 0 Å². The highest BCUT2D eigenvalue weighted by molar-refractivity contribution is 6.30. The lowest BCUT2D eigenvalue weighted by Crippen LogP contribution is -2.32. The Morgan fingerprint density at radius 2 is 1.88 bits per heavy atom. The lowest BCUT2D eigenvalue weighted by Gasteiger charge is -2.27. The van der Waals surface area contributed by atoms with E-state index in [0.717, 1.165) is 11.6 Å². The Hall–Kier alpha value is -0.570. The van der Waals surface area contributed by atoms with Crippen molar-refractivity contribution in [1.29, 1.82) is 0 Å². The van der Waals surface area contributed by atoms with Crippen LogP contribution in [0.2, 0.25) is 5.02 Å². The molecule has 3 heteroatoms. The molecule has 0 amide bonds. The minimum Gasteiger partial charge on any atom is -0.318 e. The number of benzene rings is 1. The van der Waals surface area contributed by atoms with Crippen LogP contribution < -0.4 is 5.32 Å². The Bertz CT molecular complexity index is 317. The van der Waals surface area contributed by atoms with Crippen molar-refractivity contribution in [2.75, 3.05) is 26.7 Å². The predicted octanol–water partition coefficient (Wildman–Crippen LogP) is 2.70. The molecule has 1 unspecified atom stereocenters. The first-order valence-electron chi connectivity index (χ1n) is 5.95. The fourth-order valence-corrected chi connectivity index (χ4v) is 2.52. The Kier molecular flexibility index (Phi) is 4.22. The van der Waals surface area contributed by atoms with Crippen LogP contribution in [0.3, 0.4) is 0 Å². The van der Waals surface area contributed by atoms with E-state index in [-0.39, 0.29) is 0 Å². The van der Waals surface area contributed by atoms with Crippen molar-refractivity contribution in [3.63, 3.8) is 0 Å². The van der Waals surface area contributed by atoms with E-state index in [4.69, 9.17) is 11.6 Å². The van der Waals surface area contributed by atoms with Crippen molar-refractivity contribution in [2.24, 2.45) is 0 Å². The fraction of sp³-hybridized carbons (Fsp3) is 0.538. The molecule has 1 aromatic carbocycles. The summed E-state index contributed by atoms with van der Waals surface area (Å²) in [5, 5.41) is 4.10. The predicted molar refractivity (Wildman–Crippen MR) is 68.9 cm³/mol. The van der Waals surface area contributed by atoms with Crippen LogP contribution in [-0.4, -0.2) is 31.6 Å². The highest BCUT2D eigenvalue weighted by Gasteiger charge is 2.22. The van der Waals surface area contributed by atoms with Gasteiger partial charge in [0.1, 0.15) is 0 Å². The van der Waals surface area contributed by atoms with Crippen LogP contribution in [0.4, 0.5) is 0 Å². The maximum absolute atomic E-state index is 5.92. The van der Waals surface area contributed by atoms with Gasteiger partial charge in [0, 0.05) is 17.6 Å². The summed E-state index contributed by atoms with van der Waals surface area (Å²) >= 11 is 5.92. The van der Waals surface area contributed by atoms with Gasteiger partial charge in [0.25, 0.3) is 0 Å². The third kappa shape index (κ3) is 2.76. The summed E-state index contributed by atoms with van der Waals surface area (Å²) in [5.74, 6) is 0. The van der Waals surface area contributed by atoms with Gasteiger partial charge in [-0.3, -0.25) is 4.90 Å². The molecule has 2 rings (SSSR count). The molecule has 16 heavy (non-hydrogen) atoms. The van der Waals surface area contributed by atoms with E-state index in [1.165, 1.54) is 31.5 Å². The number of nitrogens with zero attached hydrogens (tertiary/aromatic N) is 1. The zero-order chi connectivity index (χ0) is 11.4. The Labute approximate surface area is 103 Å². The van der Waals surface area contributed by atoms with E-state index in [1.807, 2.05) is 19.2 Å². The van der Waals surface area contributed by atoms with Gasteiger partial charge in [-0.1, -0.05) is 23.7 Å². The summed E-state index contributed by atoms with van der Waals surface area (Å²) in [4.78, 5) is 2.56. The molecule has 1 atom stereocenters. The minimum atomic E-state index is 0.491. The molecule has 0 radical (unpaired) electrons. The molecule has 1 saturated heterocycles. The quantitative estimate of drug-likeness (QED) is 0.868. The van der Waals surface area contributed by atoms with Crippen LogP contribution in [0.15, 0.2) is 24.3 Å². The van der Waals surface area contributed by atoms with E-state index in [1.54, 1.807) is 0 Å². The van der Waals surface area contributed by atoms with Gasteiger partial charge < -0.3 is 5.32 Å². The highest BCUT2D eigenvalue weighted by Crippen LogP contribution is 2.25. The number of likely N-dealkylation sites (N-methyl/N-ethyl adjacent to an activating group) is 1. The summed E-state index contributed by atoms with van der Waals surface area (Å²) in [6.07, 6.45) is 2.65. The number of hydrogen-bond donors (Lipinski definition) is 1. The minimum absolute atomic E-state index is 0.491. The molecule has 1 fully saturated rings. The number of rotatable bonds is 4. The first-order chi connectivity index (χ1) is 7.81. The van der Waals surface area contributed by atoms with Gasteiger partial charge in [0.15, 0.2) is 0 Å². The third-order valence-corrected chi connectivity index (χ3v) is 3.49. The SMILES string of the molecule is CNCC(c1ccc(Cl)cc1)N1CCCC1. The van der Waals surface area contributed by atoms with E-state index in [2.05, 4.69) is 22.3 Å². The Balaban J connectivity index is 2.14. The van der Waals surface area contributed by atoms with Gasteiger partial charge in [-0.05, 0) is 50.7 Å². The normalized spacial score (nSPS) is 18.9. The van der Waals surface area contributed by atoms with E-state index in [9.17, 15) is 0 Å². The number of nitrogens with one attached hydrogen (secondary N) is 1. The maximum atomic E-state index is 5.92. The molecule has 0 bridgehead atoms. The monoisotopic (exact) mass is 238 g/mol. The summed E-state index contributed by atoms with van der Waals surface area (Å²) in [6.45, 7) is 3.44. The van der Waals surface area contributed by atoms with Crippen LogP contribution in [0.25, 0.3) is 0 Å². The van der Waals surface area contributed by atoms with Crippen molar-refractivity contribution in [3.05, 3.63) is 34.9 Å². The van der Waals surface area contributed by atoms with Crippen molar-refractivity contribution < 1.29 is 0 Å². The molecule has 0 saturated carbocycles. The fourth-order valence-electron chi connectivity index (χ4n) is 2.39. The van der Waals surface area contributed by atoms with Crippen LogP contribution in [0.1, 0.15) is 24.4 Å². The molecule has 1 aliphatic rings. The molecule has 2 nitrogen and oxygen atoms in total. The molecule has 0 aromatic heterocycles.